The predicted molar refractivity (Wildman–Crippen MR) is 73.2 cm³/mol. The van der Waals surface area contributed by atoms with E-state index in [1.807, 2.05) is 6.07 Å². The minimum Gasteiger partial charge on any atom is -0.478 e. The van der Waals surface area contributed by atoms with Crippen LogP contribution in [0.5, 0.6) is 5.88 Å². The zero-order chi connectivity index (χ0) is 12.3. The highest BCUT2D eigenvalue weighted by atomic mass is 32.1. The van der Waals surface area contributed by atoms with Gasteiger partial charge in [0, 0.05) is 6.07 Å². The lowest BCUT2D eigenvalue weighted by Crippen LogP contribution is -1.98. The first-order valence-electron chi connectivity index (χ1n) is 6.03. The number of ether oxygens (including phenoxy) is 1. The third kappa shape index (κ3) is 6.15. The van der Waals surface area contributed by atoms with Gasteiger partial charge in [-0.2, -0.15) is 4.99 Å². The van der Waals surface area contributed by atoms with Crippen molar-refractivity contribution in [3.05, 3.63) is 18.3 Å². The summed E-state index contributed by atoms with van der Waals surface area (Å²) >= 11 is 4.51. The molecule has 0 saturated heterocycles. The summed E-state index contributed by atoms with van der Waals surface area (Å²) in [6.07, 6.45) is 7.80. The highest BCUT2D eigenvalue weighted by Gasteiger charge is 1.96. The molecular formula is C13H18N2OS. The molecule has 1 rings (SSSR count). The SMILES string of the molecule is CCCCCCCOc1ccc(N=C=S)cn1. The van der Waals surface area contributed by atoms with Crippen LogP contribution in [0.15, 0.2) is 23.3 Å². The zero-order valence-corrected chi connectivity index (χ0v) is 11.0. The monoisotopic (exact) mass is 250 g/mol. The molecule has 0 spiro atoms. The summed E-state index contributed by atoms with van der Waals surface area (Å²) < 4.78 is 5.52. The zero-order valence-electron chi connectivity index (χ0n) is 10.2. The van der Waals surface area contributed by atoms with Crippen molar-refractivity contribution in [3.8, 4) is 5.88 Å². The second kappa shape index (κ2) is 8.85. The molecule has 0 aliphatic heterocycles. The van der Waals surface area contributed by atoms with Gasteiger partial charge in [0.15, 0.2) is 0 Å². The molecule has 0 aliphatic rings. The molecule has 3 nitrogen and oxygen atoms in total. The molecule has 0 unspecified atom stereocenters. The third-order valence-corrected chi connectivity index (χ3v) is 2.48. The second-order valence-corrected chi connectivity index (χ2v) is 4.00. The standard InChI is InChI=1S/C13H18N2OS/c1-2-3-4-5-6-9-16-13-8-7-12(10-14-13)15-11-17/h7-8,10H,2-6,9H2,1H3. The van der Waals surface area contributed by atoms with E-state index in [0.29, 0.717) is 11.6 Å². The summed E-state index contributed by atoms with van der Waals surface area (Å²) in [5.74, 6) is 0.642. The number of hydrogen-bond acceptors (Lipinski definition) is 4. The topological polar surface area (TPSA) is 34.5 Å². The van der Waals surface area contributed by atoms with Gasteiger partial charge in [-0.05, 0) is 24.7 Å². The molecule has 0 radical (unpaired) electrons. The van der Waals surface area contributed by atoms with Crippen molar-refractivity contribution in [1.29, 1.82) is 0 Å². The smallest absolute Gasteiger partial charge is 0.213 e. The van der Waals surface area contributed by atoms with Gasteiger partial charge in [0.2, 0.25) is 5.88 Å². The molecule has 0 fully saturated rings. The fourth-order valence-electron chi connectivity index (χ4n) is 1.46. The van der Waals surface area contributed by atoms with Crippen LogP contribution in [0.25, 0.3) is 0 Å². The van der Waals surface area contributed by atoms with Gasteiger partial charge in [-0.15, -0.1) is 0 Å². The number of nitrogens with zero attached hydrogens (tertiary/aromatic N) is 2. The van der Waals surface area contributed by atoms with Gasteiger partial charge >= 0.3 is 0 Å². The van der Waals surface area contributed by atoms with Crippen molar-refractivity contribution in [3.63, 3.8) is 0 Å². The van der Waals surface area contributed by atoms with E-state index in [9.17, 15) is 0 Å². The van der Waals surface area contributed by atoms with E-state index in [2.05, 4.69) is 34.3 Å². The number of thiocarbonyl (C=S) groups is 1. The average molecular weight is 250 g/mol. The molecule has 92 valence electrons. The van der Waals surface area contributed by atoms with Crippen LogP contribution < -0.4 is 4.74 Å². The molecular weight excluding hydrogens is 232 g/mol. The van der Waals surface area contributed by atoms with Gasteiger partial charge in [0.25, 0.3) is 0 Å². The summed E-state index contributed by atoms with van der Waals surface area (Å²) in [5, 5.41) is 2.30. The number of isothiocyanates is 1. The lowest BCUT2D eigenvalue weighted by Gasteiger charge is -2.04. The van der Waals surface area contributed by atoms with Crippen LogP contribution >= 0.6 is 12.2 Å². The molecule has 0 saturated carbocycles. The molecule has 0 bridgehead atoms. The Morgan fingerprint density at radius 3 is 2.76 bits per heavy atom. The maximum Gasteiger partial charge on any atom is 0.213 e. The fraction of sp³-hybridized carbons (Fsp3) is 0.538. The minimum atomic E-state index is 0.642. The normalized spacial score (nSPS) is 9.71. The van der Waals surface area contributed by atoms with E-state index in [0.717, 1.165) is 13.0 Å². The number of pyridine rings is 1. The van der Waals surface area contributed by atoms with E-state index in [1.54, 1.807) is 12.3 Å². The van der Waals surface area contributed by atoms with Crippen LogP contribution in [0.3, 0.4) is 0 Å². The Labute approximate surface area is 108 Å². The maximum atomic E-state index is 5.52. The Bertz CT molecular complexity index is 358. The molecule has 1 aromatic rings. The Balaban J connectivity index is 2.20. The first kappa shape index (κ1) is 13.8. The van der Waals surface area contributed by atoms with Crippen molar-refractivity contribution < 1.29 is 4.74 Å². The van der Waals surface area contributed by atoms with Crippen LogP contribution in [0.2, 0.25) is 0 Å². The summed E-state index contributed by atoms with van der Waals surface area (Å²) in [7, 11) is 0. The van der Waals surface area contributed by atoms with Crippen molar-refractivity contribution in [1.82, 2.24) is 4.98 Å². The van der Waals surface area contributed by atoms with E-state index >= 15 is 0 Å². The van der Waals surface area contributed by atoms with Gasteiger partial charge in [0.05, 0.1) is 23.7 Å². The van der Waals surface area contributed by atoms with Crippen molar-refractivity contribution in [2.45, 2.75) is 39.0 Å². The van der Waals surface area contributed by atoms with Crippen LogP contribution in [-0.2, 0) is 0 Å². The molecule has 0 amide bonds. The van der Waals surface area contributed by atoms with Gasteiger partial charge in [-0.25, -0.2) is 4.98 Å². The summed E-state index contributed by atoms with van der Waals surface area (Å²) in [6, 6.07) is 3.62. The number of unbranched alkanes of at least 4 members (excludes halogenated alkanes) is 4. The molecule has 4 heteroatoms. The predicted octanol–water partition coefficient (Wildman–Crippen LogP) is 4.17. The van der Waals surface area contributed by atoms with Gasteiger partial charge < -0.3 is 4.74 Å². The van der Waals surface area contributed by atoms with Crippen LogP contribution in [0.4, 0.5) is 5.69 Å². The summed E-state index contributed by atoms with van der Waals surface area (Å²) in [6.45, 7) is 2.94. The minimum absolute atomic E-state index is 0.642. The number of aromatic nitrogens is 1. The number of rotatable bonds is 8. The summed E-state index contributed by atoms with van der Waals surface area (Å²) in [4.78, 5) is 7.95. The molecule has 0 N–H and O–H groups in total. The van der Waals surface area contributed by atoms with Crippen LogP contribution in [-0.4, -0.2) is 16.8 Å². The Morgan fingerprint density at radius 2 is 2.12 bits per heavy atom. The average Bonchev–Trinajstić information content (AvgIpc) is 2.36. The van der Waals surface area contributed by atoms with Gasteiger partial charge in [-0.1, -0.05) is 32.6 Å². The van der Waals surface area contributed by atoms with E-state index in [1.165, 1.54) is 25.7 Å². The molecule has 17 heavy (non-hydrogen) atoms. The second-order valence-electron chi connectivity index (χ2n) is 3.82. The lowest BCUT2D eigenvalue weighted by molar-refractivity contribution is 0.293. The summed E-state index contributed by atoms with van der Waals surface area (Å²) in [5.41, 5.74) is 0.704. The van der Waals surface area contributed by atoms with Crippen LogP contribution in [0, 0.1) is 0 Å². The Morgan fingerprint density at radius 1 is 1.29 bits per heavy atom. The molecule has 1 aromatic heterocycles. The molecule has 0 aliphatic carbocycles. The molecule has 0 atom stereocenters. The number of hydrogen-bond donors (Lipinski definition) is 0. The Kier molecular flexibility index (Phi) is 7.19. The molecule has 0 aromatic carbocycles. The first-order valence-corrected chi connectivity index (χ1v) is 6.44. The van der Waals surface area contributed by atoms with Crippen molar-refractivity contribution >= 4 is 23.1 Å². The Hall–Kier alpha value is -1.25. The maximum absolute atomic E-state index is 5.52. The molecule has 1 heterocycles. The largest absolute Gasteiger partial charge is 0.478 e. The van der Waals surface area contributed by atoms with E-state index < -0.39 is 0 Å². The van der Waals surface area contributed by atoms with Crippen molar-refractivity contribution in [2.24, 2.45) is 4.99 Å². The quantitative estimate of drug-likeness (QED) is 0.394. The van der Waals surface area contributed by atoms with Crippen molar-refractivity contribution in [2.75, 3.05) is 6.61 Å². The highest BCUT2D eigenvalue weighted by Crippen LogP contribution is 2.14. The van der Waals surface area contributed by atoms with Gasteiger partial charge in [0.1, 0.15) is 0 Å². The fourth-order valence-corrected chi connectivity index (χ4v) is 1.56. The third-order valence-electron chi connectivity index (χ3n) is 2.39. The van der Waals surface area contributed by atoms with Crippen LogP contribution in [0.1, 0.15) is 39.0 Å². The lowest BCUT2D eigenvalue weighted by atomic mass is 10.2. The van der Waals surface area contributed by atoms with E-state index in [4.69, 9.17) is 4.74 Å². The van der Waals surface area contributed by atoms with E-state index in [-0.39, 0.29) is 0 Å². The first-order chi connectivity index (χ1) is 8.36. The highest BCUT2D eigenvalue weighted by molar-refractivity contribution is 7.78. The number of aliphatic imine (C=N–C) groups is 1. The van der Waals surface area contributed by atoms with Gasteiger partial charge in [-0.3, -0.25) is 0 Å².